The number of fused-ring (bicyclic) bond motifs is 2. The summed E-state index contributed by atoms with van der Waals surface area (Å²) in [6.45, 7) is 12.1. The van der Waals surface area contributed by atoms with Crippen molar-refractivity contribution in [3.63, 3.8) is 0 Å². The molecular formula is C52H54F6N12O8S2. The highest BCUT2D eigenvalue weighted by Crippen LogP contribution is 2.42. The van der Waals surface area contributed by atoms with Crippen LogP contribution in [0.1, 0.15) is 79.3 Å². The average molecular weight is 1150 g/mol. The third-order valence-corrected chi connectivity index (χ3v) is 14.2. The van der Waals surface area contributed by atoms with Crippen LogP contribution in [0.15, 0.2) is 118 Å². The minimum atomic E-state index is -5.74. The topological polar surface area (TPSA) is 252 Å². The van der Waals surface area contributed by atoms with Gasteiger partial charge in [0, 0.05) is 61.1 Å². The molecule has 20 nitrogen and oxygen atoms in total. The molecule has 2 aliphatic rings. The van der Waals surface area contributed by atoms with Gasteiger partial charge in [0.15, 0.2) is 0 Å². The lowest BCUT2D eigenvalue weighted by atomic mass is 9.99. The van der Waals surface area contributed by atoms with Gasteiger partial charge in [-0.2, -0.15) is 43.2 Å². The number of esters is 2. The van der Waals surface area contributed by atoms with E-state index in [0.717, 1.165) is 24.0 Å². The van der Waals surface area contributed by atoms with Gasteiger partial charge in [-0.1, -0.05) is 74.5 Å². The van der Waals surface area contributed by atoms with Crippen LogP contribution >= 0.6 is 0 Å². The van der Waals surface area contributed by atoms with Gasteiger partial charge in [-0.25, -0.2) is 29.5 Å². The molecule has 0 unspecified atom stereocenters. The van der Waals surface area contributed by atoms with Gasteiger partial charge in [0.05, 0.1) is 36.0 Å². The Bertz CT molecular complexity index is 3500. The van der Waals surface area contributed by atoms with E-state index >= 15 is 0 Å². The maximum absolute atomic E-state index is 13.3. The Morgan fingerprint density at radius 1 is 0.613 bits per heavy atom. The molecule has 28 heteroatoms. The number of sulfonamides is 2. The molecule has 0 atom stereocenters. The molecule has 0 saturated heterocycles. The Balaban J connectivity index is 0.000000231. The second-order valence-corrected chi connectivity index (χ2v) is 21.5. The molecule has 0 aliphatic carbocycles. The molecule has 424 valence electrons. The first-order chi connectivity index (χ1) is 37.9. The highest BCUT2D eigenvalue weighted by molar-refractivity contribution is 7.93. The first-order valence-corrected chi connectivity index (χ1v) is 27.9. The Morgan fingerprint density at radius 3 is 1.39 bits per heavy atom. The molecule has 2 aliphatic heterocycles. The highest BCUT2D eigenvalue weighted by Gasteiger charge is 2.47. The van der Waals surface area contributed by atoms with Gasteiger partial charge in [-0.3, -0.25) is 9.44 Å². The number of ether oxygens (including phenoxy) is 2. The second-order valence-electron chi connectivity index (χ2n) is 18.2. The summed E-state index contributed by atoms with van der Waals surface area (Å²) in [7, 11) is -11.5. The third kappa shape index (κ3) is 14.4. The number of anilines is 4. The summed E-state index contributed by atoms with van der Waals surface area (Å²) >= 11 is 0. The molecule has 2 aromatic heterocycles. The van der Waals surface area contributed by atoms with E-state index in [4.69, 9.17) is 9.47 Å². The van der Waals surface area contributed by atoms with E-state index in [2.05, 4.69) is 40.4 Å². The summed E-state index contributed by atoms with van der Waals surface area (Å²) in [5, 5.41) is 16.0. The lowest BCUT2D eigenvalue weighted by Crippen LogP contribution is -2.33. The van der Waals surface area contributed by atoms with Crippen LogP contribution in [0.5, 0.6) is 0 Å². The lowest BCUT2D eigenvalue weighted by molar-refractivity contribution is -0.0435. The summed E-state index contributed by atoms with van der Waals surface area (Å²) in [4.78, 5) is 45.7. The number of nitrogens with one attached hydrogen (secondary N) is 2. The Morgan fingerprint density at radius 2 is 1.01 bits per heavy atom. The fraction of sp³-hybridized carbons (Fsp3) is 0.346. The fourth-order valence-electron chi connectivity index (χ4n) is 8.47. The molecule has 8 rings (SSSR count). The average Bonchev–Trinajstić information content (AvgIpc) is 3.43. The Kier molecular flexibility index (Phi) is 18.8. The molecule has 0 bridgehead atoms. The van der Waals surface area contributed by atoms with E-state index in [9.17, 15) is 52.8 Å². The highest BCUT2D eigenvalue weighted by atomic mass is 32.2. The number of benzene rings is 4. The van der Waals surface area contributed by atoms with E-state index < -0.39 is 43.0 Å². The number of azo groups is 2. The van der Waals surface area contributed by atoms with Crippen LogP contribution in [0.4, 0.5) is 72.4 Å². The quantitative estimate of drug-likeness (QED) is 0.0489. The van der Waals surface area contributed by atoms with Crippen molar-refractivity contribution in [2.75, 3.05) is 58.6 Å². The van der Waals surface area contributed by atoms with Crippen LogP contribution < -0.4 is 19.2 Å². The third-order valence-electron chi connectivity index (χ3n) is 12.0. The number of aryl methyl sites for hydroxylation is 2. The van der Waals surface area contributed by atoms with Gasteiger partial charge in [0.1, 0.15) is 22.5 Å². The SMILES string of the molecule is CCOC(=O)c1cnc(N=Nc2cc3c(cc2NS(=O)(=O)C(F)(F)F)N(CC(C)C)CCC3)nc1-c1ccccc1.CCOC(=O)c1cnc(N=Nc2cc3c(cc2NS(=O)(=O)C(F)(F)F)N(CC)CCC3)nc1-c1ccccc1. The molecule has 0 spiro atoms. The number of nitrogens with zero attached hydrogens (tertiary/aromatic N) is 10. The maximum atomic E-state index is 13.3. The fourth-order valence-corrected chi connectivity index (χ4v) is 9.61. The van der Waals surface area contributed by atoms with E-state index in [1.807, 2.05) is 30.6 Å². The maximum Gasteiger partial charge on any atom is 0.516 e. The van der Waals surface area contributed by atoms with Crippen molar-refractivity contribution >= 4 is 78.0 Å². The van der Waals surface area contributed by atoms with Crippen LogP contribution in [0.2, 0.25) is 0 Å². The number of halogens is 6. The summed E-state index contributed by atoms with van der Waals surface area (Å²) in [5.41, 5.74) is -7.50. The van der Waals surface area contributed by atoms with Gasteiger partial charge < -0.3 is 19.3 Å². The van der Waals surface area contributed by atoms with Crippen LogP contribution in [0.25, 0.3) is 22.5 Å². The zero-order valence-electron chi connectivity index (χ0n) is 43.7. The summed E-state index contributed by atoms with van der Waals surface area (Å²) in [5.74, 6) is -1.40. The number of alkyl halides is 6. The summed E-state index contributed by atoms with van der Waals surface area (Å²) in [6.07, 6.45) is 5.32. The zero-order valence-corrected chi connectivity index (χ0v) is 45.3. The molecule has 0 radical (unpaired) electrons. The molecule has 0 amide bonds. The van der Waals surface area contributed by atoms with Crippen molar-refractivity contribution in [3.05, 3.63) is 120 Å². The minimum Gasteiger partial charge on any atom is -0.462 e. The van der Waals surface area contributed by atoms with E-state index in [1.54, 1.807) is 84.0 Å². The molecule has 4 aromatic carbocycles. The van der Waals surface area contributed by atoms with Crippen molar-refractivity contribution in [2.45, 2.75) is 71.3 Å². The first kappa shape index (κ1) is 59.5. The standard InChI is InChI=1S/C27H29F3N6O4S.C25H25F3N6O4S/c1-4-40-25(37)20-15-31-26(32-24(20)18-9-6-5-7-10-18)34-33-21-13-19-11-8-12-36(16-17(2)3)23(19)14-22(21)35-41(38,39)27(28,29)30;1-3-34-12-8-11-17-13-19(20(14-21(17)34)33-39(36,37)25(26,27)28)31-32-24-29-15-18(23(35)38-4-2)22(30-24)16-9-6-5-7-10-16/h5-7,9-10,13-15,17,35H,4,8,11-12,16H2,1-3H3;5-7,9-10,13-15,33H,3-4,8,11-12H2,1-2H3. The number of hydrogen-bond acceptors (Lipinski definition) is 18. The number of rotatable bonds is 17. The molecule has 4 heterocycles. The number of aromatic nitrogens is 4. The summed E-state index contributed by atoms with van der Waals surface area (Å²) in [6, 6.07) is 23.2. The number of carbonyl (C=O) groups excluding carboxylic acids is 2. The summed E-state index contributed by atoms with van der Waals surface area (Å²) < 4.78 is 141. The molecule has 6 aromatic rings. The molecule has 80 heavy (non-hydrogen) atoms. The predicted octanol–water partition coefficient (Wildman–Crippen LogP) is 12.2. The van der Waals surface area contributed by atoms with Gasteiger partial charge in [-0.15, -0.1) is 20.5 Å². The molecule has 0 saturated carbocycles. The Hall–Kier alpha value is -8.14. The largest absolute Gasteiger partial charge is 0.516 e. The molecule has 2 N–H and O–H groups in total. The monoisotopic (exact) mass is 1150 g/mol. The van der Waals surface area contributed by atoms with Crippen molar-refractivity contribution in [3.8, 4) is 22.5 Å². The van der Waals surface area contributed by atoms with Crippen LogP contribution in [0, 0.1) is 5.92 Å². The first-order valence-electron chi connectivity index (χ1n) is 25.0. The van der Waals surface area contributed by atoms with Gasteiger partial charge in [-0.05, 0) is 87.8 Å². The lowest BCUT2D eigenvalue weighted by Gasteiger charge is -2.33. The van der Waals surface area contributed by atoms with Crippen molar-refractivity contribution < 1.29 is 62.2 Å². The number of carbonyl (C=O) groups is 2. The predicted molar refractivity (Wildman–Crippen MR) is 287 cm³/mol. The minimum absolute atomic E-state index is 0.0917. The molecular weight excluding hydrogens is 1100 g/mol. The van der Waals surface area contributed by atoms with Crippen molar-refractivity contribution in [1.82, 2.24) is 19.9 Å². The molecule has 0 fully saturated rings. The van der Waals surface area contributed by atoms with E-state index in [0.29, 0.717) is 61.5 Å². The van der Waals surface area contributed by atoms with Crippen LogP contribution in [-0.2, 0) is 42.4 Å². The number of hydrogen-bond donors (Lipinski definition) is 2. The van der Waals surface area contributed by atoms with Crippen LogP contribution in [-0.4, -0.2) is 99.1 Å². The van der Waals surface area contributed by atoms with Crippen molar-refractivity contribution in [2.24, 2.45) is 26.4 Å². The van der Waals surface area contributed by atoms with Gasteiger partial charge >= 0.3 is 43.0 Å². The van der Waals surface area contributed by atoms with Gasteiger partial charge in [0.2, 0.25) is 0 Å². The normalized spacial score (nSPS) is 13.8. The zero-order chi connectivity index (χ0) is 58.0. The van der Waals surface area contributed by atoms with Crippen molar-refractivity contribution in [1.29, 1.82) is 0 Å². The Labute approximate surface area is 456 Å². The van der Waals surface area contributed by atoms with Gasteiger partial charge in [0.25, 0.3) is 11.9 Å². The smallest absolute Gasteiger partial charge is 0.462 e. The van der Waals surface area contributed by atoms with E-state index in [1.165, 1.54) is 36.7 Å². The van der Waals surface area contributed by atoms with E-state index in [-0.39, 0.29) is 76.3 Å². The second kappa shape index (κ2) is 25.3. The van der Waals surface area contributed by atoms with Crippen LogP contribution in [0.3, 0.4) is 0 Å².